The molecule has 0 unspecified atom stereocenters. The van der Waals surface area contributed by atoms with Crippen molar-refractivity contribution in [3.8, 4) is 0 Å². The number of benzene rings is 1. The van der Waals surface area contributed by atoms with Crippen LogP contribution in [0.25, 0.3) is 0 Å². The van der Waals surface area contributed by atoms with Gasteiger partial charge in [0.2, 0.25) is 0 Å². The molecule has 1 aromatic carbocycles. The van der Waals surface area contributed by atoms with Gasteiger partial charge in [-0.2, -0.15) is 0 Å². The lowest BCUT2D eigenvalue weighted by Crippen LogP contribution is -2.16. The Bertz CT molecular complexity index is 482. The van der Waals surface area contributed by atoms with Crippen LogP contribution in [0.15, 0.2) is 48.8 Å². The van der Waals surface area contributed by atoms with Gasteiger partial charge in [-0.3, -0.25) is 4.98 Å². The van der Waals surface area contributed by atoms with Crippen molar-refractivity contribution in [2.45, 2.75) is 13.5 Å². The molecule has 1 N–H and O–H groups in total. The number of pyridine rings is 1. The van der Waals surface area contributed by atoms with Crippen LogP contribution in [0, 0.1) is 0 Å². The van der Waals surface area contributed by atoms with Gasteiger partial charge < -0.3 is 10.2 Å². The maximum Gasteiger partial charge on any atom is 0.0573 e. The Hall–Kier alpha value is -2.03. The molecule has 0 amide bonds. The quantitative estimate of drug-likeness (QED) is 0.871. The molecule has 0 aliphatic rings. The summed E-state index contributed by atoms with van der Waals surface area (Å²) in [5.41, 5.74) is 3.49. The summed E-state index contributed by atoms with van der Waals surface area (Å²) in [6, 6.07) is 12.6. The van der Waals surface area contributed by atoms with Crippen LogP contribution in [0.5, 0.6) is 0 Å². The Morgan fingerprint density at radius 2 is 1.94 bits per heavy atom. The summed E-state index contributed by atoms with van der Waals surface area (Å²) in [5, 5.41) is 3.28. The van der Waals surface area contributed by atoms with E-state index in [1.807, 2.05) is 18.5 Å². The summed E-state index contributed by atoms with van der Waals surface area (Å²) in [5.74, 6) is 0. The highest BCUT2D eigenvalue weighted by Crippen LogP contribution is 2.18. The minimum atomic E-state index is 0.887. The lowest BCUT2D eigenvalue weighted by Gasteiger charge is -2.19. The maximum absolute atomic E-state index is 4.26. The molecule has 0 saturated carbocycles. The Kier molecular flexibility index (Phi) is 4.18. The minimum absolute atomic E-state index is 0.887. The van der Waals surface area contributed by atoms with Gasteiger partial charge in [0, 0.05) is 20.1 Å². The van der Waals surface area contributed by atoms with E-state index in [2.05, 4.69) is 59.5 Å². The average molecular weight is 241 g/mol. The maximum atomic E-state index is 4.26. The molecule has 0 aliphatic carbocycles. The highest BCUT2D eigenvalue weighted by atomic mass is 15.1. The molecule has 94 valence electrons. The van der Waals surface area contributed by atoms with E-state index in [4.69, 9.17) is 0 Å². The molecule has 1 heterocycles. The van der Waals surface area contributed by atoms with E-state index in [9.17, 15) is 0 Å². The summed E-state index contributed by atoms with van der Waals surface area (Å²) < 4.78 is 0. The van der Waals surface area contributed by atoms with Crippen molar-refractivity contribution in [3.05, 3.63) is 54.4 Å². The number of nitrogens with one attached hydrogen (secondary N) is 1. The van der Waals surface area contributed by atoms with E-state index >= 15 is 0 Å². The van der Waals surface area contributed by atoms with Crippen molar-refractivity contribution >= 4 is 11.4 Å². The first-order valence-corrected chi connectivity index (χ1v) is 6.23. The van der Waals surface area contributed by atoms with E-state index in [1.54, 1.807) is 0 Å². The molecular formula is C15H19N3. The molecule has 0 fully saturated rings. The fraction of sp³-hybridized carbons (Fsp3) is 0.267. The zero-order chi connectivity index (χ0) is 12.8. The number of hydrogen-bond acceptors (Lipinski definition) is 3. The van der Waals surface area contributed by atoms with Crippen LogP contribution in [-0.2, 0) is 6.54 Å². The lowest BCUT2D eigenvalue weighted by molar-refractivity contribution is 0.918. The second kappa shape index (κ2) is 6.05. The first-order valence-electron chi connectivity index (χ1n) is 6.23. The first kappa shape index (κ1) is 12.4. The predicted molar refractivity (Wildman–Crippen MR) is 76.9 cm³/mol. The highest BCUT2D eigenvalue weighted by molar-refractivity contribution is 5.55. The number of aromatic nitrogens is 1. The second-order valence-electron chi connectivity index (χ2n) is 4.30. The van der Waals surface area contributed by atoms with Crippen LogP contribution in [0.4, 0.5) is 11.4 Å². The van der Waals surface area contributed by atoms with E-state index in [-0.39, 0.29) is 0 Å². The summed E-state index contributed by atoms with van der Waals surface area (Å²) in [7, 11) is 2.08. The summed E-state index contributed by atoms with van der Waals surface area (Å²) in [6.07, 6.45) is 3.74. The van der Waals surface area contributed by atoms with E-state index in [0.717, 1.165) is 24.5 Å². The Morgan fingerprint density at radius 3 is 2.67 bits per heavy atom. The topological polar surface area (TPSA) is 28.2 Å². The van der Waals surface area contributed by atoms with Crippen molar-refractivity contribution in [1.29, 1.82) is 0 Å². The van der Waals surface area contributed by atoms with Gasteiger partial charge in [0.1, 0.15) is 0 Å². The molecule has 2 rings (SSSR count). The molecule has 3 nitrogen and oxygen atoms in total. The zero-order valence-corrected chi connectivity index (χ0v) is 10.9. The number of nitrogens with zero attached hydrogens (tertiary/aromatic N) is 2. The smallest absolute Gasteiger partial charge is 0.0573 e. The third-order valence-corrected chi connectivity index (χ3v) is 2.81. The predicted octanol–water partition coefficient (Wildman–Crippen LogP) is 3.15. The standard InChI is InChI=1S/C15H19N3/c1-3-17-14-9-15(11-16-10-14)18(2)12-13-7-5-4-6-8-13/h4-11,17H,3,12H2,1-2H3. The van der Waals surface area contributed by atoms with Crippen LogP contribution in [0.1, 0.15) is 12.5 Å². The van der Waals surface area contributed by atoms with Gasteiger partial charge >= 0.3 is 0 Å². The molecule has 0 atom stereocenters. The lowest BCUT2D eigenvalue weighted by atomic mass is 10.2. The molecule has 0 spiro atoms. The van der Waals surface area contributed by atoms with Crippen LogP contribution in [-0.4, -0.2) is 18.6 Å². The van der Waals surface area contributed by atoms with Gasteiger partial charge in [0.25, 0.3) is 0 Å². The van der Waals surface area contributed by atoms with E-state index in [1.165, 1.54) is 5.56 Å². The Morgan fingerprint density at radius 1 is 1.17 bits per heavy atom. The molecule has 2 aromatic rings. The summed E-state index contributed by atoms with van der Waals surface area (Å²) in [4.78, 5) is 6.46. The van der Waals surface area contributed by atoms with E-state index < -0.39 is 0 Å². The first-order chi connectivity index (χ1) is 8.79. The second-order valence-corrected chi connectivity index (χ2v) is 4.30. The van der Waals surface area contributed by atoms with Crippen molar-refractivity contribution in [3.63, 3.8) is 0 Å². The SMILES string of the molecule is CCNc1cncc(N(C)Cc2ccccc2)c1. The number of hydrogen-bond donors (Lipinski definition) is 1. The van der Waals surface area contributed by atoms with Crippen molar-refractivity contribution < 1.29 is 0 Å². The van der Waals surface area contributed by atoms with Crippen molar-refractivity contribution in [2.75, 3.05) is 23.8 Å². The monoisotopic (exact) mass is 241 g/mol. The van der Waals surface area contributed by atoms with Crippen LogP contribution < -0.4 is 10.2 Å². The number of anilines is 2. The van der Waals surface area contributed by atoms with Gasteiger partial charge in [-0.15, -0.1) is 0 Å². The van der Waals surface area contributed by atoms with Gasteiger partial charge in [0.15, 0.2) is 0 Å². The molecule has 0 bridgehead atoms. The molecule has 0 saturated heterocycles. The Balaban J connectivity index is 2.08. The third-order valence-electron chi connectivity index (χ3n) is 2.81. The summed E-state index contributed by atoms with van der Waals surface area (Å²) in [6.45, 7) is 3.88. The van der Waals surface area contributed by atoms with Crippen molar-refractivity contribution in [2.24, 2.45) is 0 Å². The Labute approximate surface area is 108 Å². The minimum Gasteiger partial charge on any atom is -0.384 e. The van der Waals surface area contributed by atoms with E-state index in [0.29, 0.717) is 0 Å². The highest BCUT2D eigenvalue weighted by Gasteiger charge is 2.03. The third kappa shape index (κ3) is 3.23. The van der Waals surface area contributed by atoms with Gasteiger partial charge in [-0.05, 0) is 18.6 Å². The van der Waals surface area contributed by atoms with Crippen molar-refractivity contribution in [1.82, 2.24) is 4.98 Å². The molecule has 18 heavy (non-hydrogen) atoms. The fourth-order valence-electron chi connectivity index (χ4n) is 1.89. The number of rotatable bonds is 5. The molecule has 0 aliphatic heterocycles. The fourth-order valence-corrected chi connectivity index (χ4v) is 1.89. The largest absolute Gasteiger partial charge is 0.384 e. The molecular weight excluding hydrogens is 222 g/mol. The van der Waals surface area contributed by atoms with Gasteiger partial charge in [0.05, 0.1) is 23.8 Å². The molecule has 0 radical (unpaired) electrons. The van der Waals surface area contributed by atoms with Crippen LogP contribution >= 0.6 is 0 Å². The van der Waals surface area contributed by atoms with Crippen LogP contribution in [0.2, 0.25) is 0 Å². The van der Waals surface area contributed by atoms with Gasteiger partial charge in [-0.1, -0.05) is 30.3 Å². The average Bonchev–Trinajstić information content (AvgIpc) is 2.40. The molecule has 3 heteroatoms. The van der Waals surface area contributed by atoms with Crippen LogP contribution in [0.3, 0.4) is 0 Å². The normalized spacial score (nSPS) is 10.1. The van der Waals surface area contributed by atoms with Gasteiger partial charge in [-0.25, -0.2) is 0 Å². The molecule has 1 aromatic heterocycles. The summed E-state index contributed by atoms with van der Waals surface area (Å²) >= 11 is 0. The zero-order valence-electron chi connectivity index (χ0n) is 10.9.